The molecule has 0 aromatic heterocycles. The fourth-order valence-electron chi connectivity index (χ4n) is 2.04. The summed E-state index contributed by atoms with van der Waals surface area (Å²) >= 11 is 0. The molecule has 1 aliphatic rings. The molecule has 0 bridgehead atoms. The van der Waals surface area contributed by atoms with Gasteiger partial charge >= 0.3 is 0 Å². The first-order valence-corrected chi connectivity index (χ1v) is 6.46. The molecular formula is C14H21NO3. The molecule has 1 aliphatic heterocycles. The third kappa shape index (κ3) is 3.78. The van der Waals surface area contributed by atoms with Crippen LogP contribution in [-0.4, -0.2) is 31.0 Å². The van der Waals surface area contributed by atoms with Crippen molar-refractivity contribution in [2.24, 2.45) is 5.73 Å². The Labute approximate surface area is 108 Å². The van der Waals surface area contributed by atoms with Crippen LogP contribution in [0.15, 0.2) is 24.3 Å². The van der Waals surface area contributed by atoms with Gasteiger partial charge in [-0.3, -0.25) is 0 Å². The van der Waals surface area contributed by atoms with E-state index in [1.807, 2.05) is 24.3 Å². The van der Waals surface area contributed by atoms with E-state index in [0.717, 1.165) is 37.2 Å². The molecule has 1 aromatic rings. The van der Waals surface area contributed by atoms with Crippen LogP contribution in [0.1, 0.15) is 30.1 Å². The fourth-order valence-corrected chi connectivity index (χ4v) is 2.04. The van der Waals surface area contributed by atoms with E-state index in [1.165, 1.54) is 0 Å². The predicted molar refractivity (Wildman–Crippen MR) is 69.1 cm³/mol. The van der Waals surface area contributed by atoms with E-state index in [4.69, 9.17) is 15.2 Å². The second-order valence-corrected chi connectivity index (χ2v) is 4.61. The van der Waals surface area contributed by atoms with Gasteiger partial charge < -0.3 is 20.3 Å². The van der Waals surface area contributed by atoms with Crippen molar-refractivity contribution in [3.63, 3.8) is 0 Å². The Morgan fingerprint density at radius 2 is 1.94 bits per heavy atom. The summed E-state index contributed by atoms with van der Waals surface area (Å²) in [5.74, 6) is 0. The van der Waals surface area contributed by atoms with Gasteiger partial charge in [-0.05, 0) is 24.0 Å². The number of nitrogens with two attached hydrogens (primary N) is 1. The Morgan fingerprint density at radius 1 is 1.28 bits per heavy atom. The van der Waals surface area contributed by atoms with Crippen molar-refractivity contribution in [3.8, 4) is 0 Å². The van der Waals surface area contributed by atoms with Gasteiger partial charge in [-0.1, -0.05) is 24.3 Å². The predicted octanol–water partition coefficient (Wildman–Crippen LogP) is 1.37. The molecule has 1 saturated heterocycles. The van der Waals surface area contributed by atoms with E-state index in [9.17, 15) is 5.11 Å². The lowest BCUT2D eigenvalue weighted by Gasteiger charge is -2.23. The molecule has 1 aromatic carbocycles. The minimum absolute atomic E-state index is 0.219. The van der Waals surface area contributed by atoms with E-state index >= 15 is 0 Å². The molecule has 0 amide bonds. The largest absolute Gasteiger partial charge is 0.386 e. The van der Waals surface area contributed by atoms with Crippen LogP contribution in [0.4, 0.5) is 0 Å². The van der Waals surface area contributed by atoms with Gasteiger partial charge in [0, 0.05) is 19.8 Å². The highest BCUT2D eigenvalue weighted by molar-refractivity contribution is 5.24. The first-order chi connectivity index (χ1) is 8.79. The molecule has 0 saturated carbocycles. The fraction of sp³-hybridized carbons (Fsp3) is 0.571. The maximum Gasteiger partial charge on any atom is 0.102 e. The van der Waals surface area contributed by atoms with Crippen molar-refractivity contribution >= 4 is 0 Å². The number of ether oxygens (including phenoxy) is 2. The molecule has 1 unspecified atom stereocenters. The van der Waals surface area contributed by atoms with Gasteiger partial charge in [0.2, 0.25) is 0 Å². The van der Waals surface area contributed by atoms with Gasteiger partial charge in [0.15, 0.2) is 0 Å². The van der Waals surface area contributed by atoms with Crippen LogP contribution in [0, 0.1) is 0 Å². The molecule has 2 rings (SSSR count). The lowest BCUT2D eigenvalue weighted by atomic mass is 10.1. The van der Waals surface area contributed by atoms with Crippen molar-refractivity contribution < 1.29 is 14.6 Å². The van der Waals surface area contributed by atoms with Crippen LogP contribution in [-0.2, 0) is 16.0 Å². The van der Waals surface area contributed by atoms with Crippen LogP contribution in [0.25, 0.3) is 0 Å². The highest BCUT2D eigenvalue weighted by Gasteiger charge is 2.16. The highest BCUT2D eigenvalue weighted by Crippen LogP contribution is 2.17. The zero-order valence-corrected chi connectivity index (χ0v) is 10.5. The van der Waals surface area contributed by atoms with E-state index < -0.39 is 6.10 Å². The Kier molecular flexibility index (Phi) is 5.13. The van der Waals surface area contributed by atoms with Gasteiger partial charge in [0.05, 0.1) is 12.7 Å². The van der Waals surface area contributed by atoms with Crippen LogP contribution in [0.3, 0.4) is 0 Å². The lowest BCUT2D eigenvalue weighted by Crippen LogP contribution is -2.25. The number of hydrogen-bond donors (Lipinski definition) is 2. The summed E-state index contributed by atoms with van der Waals surface area (Å²) in [5, 5.41) is 10.0. The Morgan fingerprint density at radius 3 is 2.56 bits per heavy atom. The summed E-state index contributed by atoms with van der Waals surface area (Å²) in [6.07, 6.45) is 1.48. The van der Waals surface area contributed by atoms with Gasteiger partial charge in [0.1, 0.15) is 6.10 Å². The minimum atomic E-state index is -0.570. The average molecular weight is 251 g/mol. The van der Waals surface area contributed by atoms with Crippen LogP contribution >= 0.6 is 0 Å². The molecule has 3 N–H and O–H groups in total. The van der Waals surface area contributed by atoms with Gasteiger partial charge in [-0.2, -0.15) is 0 Å². The van der Waals surface area contributed by atoms with Crippen molar-refractivity contribution in [2.45, 2.75) is 31.6 Å². The van der Waals surface area contributed by atoms with E-state index in [1.54, 1.807) is 0 Å². The Bertz CT molecular complexity index is 347. The third-order valence-electron chi connectivity index (χ3n) is 3.26. The molecule has 1 atom stereocenters. The maximum atomic E-state index is 10.0. The van der Waals surface area contributed by atoms with Crippen molar-refractivity contribution in [1.29, 1.82) is 0 Å². The van der Waals surface area contributed by atoms with Crippen molar-refractivity contribution in [1.82, 2.24) is 0 Å². The number of benzene rings is 1. The molecule has 0 radical (unpaired) electrons. The van der Waals surface area contributed by atoms with Gasteiger partial charge in [0.25, 0.3) is 0 Å². The summed E-state index contributed by atoms with van der Waals surface area (Å²) in [5.41, 5.74) is 7.47. The van der Waals surface area contributed by atoms with Crippen molar-refractivity contribution in [3.05, 3.63) is 35.4 Å². The molecule has 0 spiro atoms. The molecule has 4 nitrogen and oxygen atoms in total. The topological polar surface area (TPSA) is 64.7 Å². The number of aliphatic hydroxyl groups excluding tert-OH is 1. The molecular weight excluding hydrogens is 230 g/mol. The molecule has 18 heavy (non-hydrogen) atoms. The second kappa shape index (κ2) is 6.85. The average Bonchev–Trinajstić information content (AvgIpc) is 2.46. The zero-order valence-electron chi connectivity index (χ0n) is 10.5. The second-order valence-electron chi connectivity index (χ2n) is 4.61. The number of hydrogen-bond acceptors (Lipinski definition) is 4. The Hall–Kier alpha value is -0.940. The number of aliphatic hydroxyl groups is 1. The SMILES string of the molecule is NCc1ccc(C(O)COC2CCOCC2)cc1. The van der Waals surface area contributed by atoms with E-state index in [2.05, 4.69) is 0 Å². The molecule has 1 heterocycles. The molecule has 4 heteroatoms. The normalized spacial score (nSPS) is 18.8. The number of rotatable bonds is 5. The highest BCUT2D eigenvalue weighted by atomic mass is 16.5. The quantitative estimate of drug-likeness (QED) is 0.829. The summed E-state index contributed by atoms with van der Waals surface area (Å²) in [6.45, 7) is 2.37. The maximum absolute atomic E-state index is 10.0. The lowest BCUT2D eigenvalue weighted by molar-refractivity contribution is -0.0598. The summed E-state index contributed by atoms with van der Waals surface area (Å²) in [4.78, 5) is 0. The smallest absolute Gasteiger partial charge is 0.102 e. The monoisotopic (exact) mass is 251 g/mol. The summed E-state index contributed by atoms with van der Waals surface area (Å²) < 4.78 is 11.0. The Balaban J connectivity index is 1.80. The van der Waals surface area contributed by atoms with Crippen LogP contribution in [0.2, 0.25) is 0 Å². The van der Waals surface area contributed by atoms with E-state index in [-0.39, 0.29) is 6.10 Å². The van der Waals surface area contributed by atoms with E-state index in [0.29, 0.717) is 13.2 Å². The van der Waals surface area contributed by atoms with Gasteiger partial charge in [-0.15, -0.1) is 0 Å². The minimum Gasteiger partial charge on any atom is -0.386 e. The molecule has 100 valence electrons. The zero-order chi connectivity index (χ0) is 12.8. The van der Waals surface area contributed by atoms with Crippen LogP contribution in [0.5, 0.6) is 0 Å². The first-order valence-electron chi connectivity index (χ1n) is 6.46. The first kappa shape index (κ1) is 13.5. The summed E-state index contributed by atoms with van der Waals surface area (Å²) in [7, 11) is 0. The molecule has 0 aliphatic carbocycles. The standard InChI is InChI=1S/C14H21NO3/c15-9-11-1-3-12(4-2-11)14(16)10-18-13-5-7-17-8-6-13/h1-4,13-14,16H,5-10,15H2. The van der Waals surface area contributed by atoms with Gasteiger partial charge in [-0.25, -0.2) is 0 Å². The summed E-state index contributed by atoms with van der Waals surface area (Å²) in [6, 6.07) is 7.68. The third-order valence-corrected chi connectivity index (χ3v) is 3.26. The molecule has 1 fully saturated rings. The van der Waals surface area contributed by atoms with Crippen LogP contribution < -0.4 is 5.73 Å². The van der Waals surface area contributed by atoms with Crippen molar-refractivity contribution in [2.75, 3.05) is 19.8 Å².